The Hall–Kier alpha value is -0.490. The average Bonchev–Trinajstić information content (AvgIpc) is 2.68. The third-order valence-corrected chi connectivity index (χ3v) is 3.68. The Morgan fingerprint density at radius 3 is 2.65 bits per heavy atom. The first-order chi connectivity index (χ1) is 8.08. The highest BCUT2D eigenvalue weighted by molar-refractivity contribution is 7.09. The van der Waals surface area contributed by atoms with Gasteiger partial charge >= 0.3 is 0 Å². The van der Waals surface area contributed by atoms with E-state index in [-0.39, 0.29) is 12.1 Å². The number of hydrazine groups is 1. The predicted molar refractivity (Wildman–Crippen MR) is 71.9 cm³/mol. The molecule has 0 saturated heterocycles. The molecule has 0 bridgehead atoms. The van der Waals surface area contributed by atoms with Crippen molar-refractivity contribution in [1.82, 2.24) is 10.4 Å². The van der Waals surface area contributed by atoms with Crippen LogP contribution in [0.4, 0.5) is 0 Å². The smallest absolute Gasteiger partial charge is 0.0945 e. The molecular weight excluding hydrogens is 234 g/mol. The number of hydrogen-bond donors (Lipinski definition) is 2. The fourth-order valence-corrected chi connectivity index (χ4v) is 2.75. The summed E-state index contributed by atoms with van der Waals surface area (Å²) in [7, 11) is 0. The summed E-state index contributed by atoms with van der Waals surface area (Å²) in [6.45, 7) is 9.03. The second kappa shape index (κ2) is 7.06. The molecule has 1 aromatic heterocycles. The van der Waals surface area contributed by atoms with Crippen molar-refractivity contribution >= 4 is 11.3 Å². The minimum atomic E-state index is 0.112. The predicted octanol–water partition coefficient (Wildman–Crippen LogP) is 1.89. The number of nitrogens with zero attached hydrogens (tertiary/aromatic N) is 1. The van der Waals surface area contributed by atoms with Crippen LogP contribution in [0.25, 0.3) is 0 Å². The van der Waals surface area contributed by atoms with Gasteiger partial charge in [0.1, 0.15) is 0 Å². The van der Waals surface area contributed by atoms with Crippen LogP contribution in [0.2, 0.25) is 0 Å². The van der Waals surface area contributed by atoms with Crippen molar-refractivity contribution in [3.63, 3.8) is 0 Å². The van der Waals surface area contributed by atoms with E-state index in [0.29, 0.717) is 12.5 Å². The van der Waals surface area contributed by atoms with Gasteiger partial charge in [-0.1, -0.05) is 13.8 Å². The first-order valence-corrected chi connectivity index (χ1v) is 6.95. The van der Waals surface area contributed by atoms with Crippen LogP contribution in [0.1, 0.15) is 31.5 Å². The summed E-state index contributed by atoms with van der Waals surface area (Å²) in [6, 6.07) is 0.112. The molecule has 2 unspecified atom stereocenters. The van der Waals surface area contributed by atoms with Crippen LogP contribution in [-0.2, 0) is 11.2 Å². The van der Waals surface area contributed by atoms with Crippen molar-refractivity contribution in [3.05, 3.63) is 16.1 Å². The van der Waals surface area contributed by atoms with E-state index in [9.17, 15) is 0 Å². The molecule has 4 nitrogen and oxygen atoms in total. The maximum Gasteiger partial charge on any atom is 0.0945 e. The normalized spacial score (nSPS) is 15.2. The number of nitrogens with two attached hydrogens (primary N) is 1. The zero-order valence-electron chi connectivity index (χ0n) is 11.1. The highest BCUT2D eigenvalue weighted by Crippen LogP contribution is 2.17. The lowest BCUT2D eigenvalue weighted by Crippen LogP contribution is -2.48. The number of hydrogen-bond acceptors (Lipinski definition) is 5. The lowest BCUT2D eigenvalue weighted by atomic mass is 9.97. The molecule has 0 fully saturated rings. The van der Waals surface area contributed by atoms with Crippen LogP contribution in [0.5, 0.6) is 0 Å². The van der Waals surface area contributed by atoms with Gasteiger partial charge in [-0.3, -0.25) is 11.3 Å². The summed E-state index contributed by atoms with van der Waals surface area (Å²) in [6.07, 6.45) is 0.937. The number of aromatic nitrogens is 1. The number of nitrogens with one attached hydrogen (secondary N) is 1. The molecule has 1 aromatic rings. The highest BCUT2D eigenvalue weighted by atomic mass is 32.1. The monoisotopic (exact) mass is 257 g/mol. The van der Waals surface area contributed by atoms with Crippen LogP contribution in [0.3, 0.4) is 0 Å². The first kappa shape index (κ1) is 14.6. The molecule has 3 N–H and O–H groups in total. The maximum atomic E-state index is 5.77. The van der Waals surface area contributed by atoms with Gasteiger partial charge < -0.3 is 4.74 Å². The number of ether oxygens (including phenoxy) is 1. The van der Waals surface area contributed by atoms with Crippen molar-refractivity contribution in [2.75, 3.05) is 6.61 Å². The zero-order chi connectivity index (χ0) is 12.8. The van der Waals surface area contributed by atoms with E-state index in [0.717, 1.165) is 17.1 Å². The third-order valence-electron chi connectivity index (χ3n) is 2.69. The molecule has 0 spiro atoms. The molecule has 5 heteroatoms. The van der Waals surface area contributed by atoms with Gasteiger partial charge in [0.05, 0.1) is 17.2 Å². The Labute approximate surface area is 108 Å². The van der Waals surface area contributed by atoms with E-state index in [1.807, 2.05) is 13.8 Å². The van der Waals surface area contributed by atoms with Gasteiger partial charge in [-0.25, -0.2) is 4.98 Å². The van der Waals surface area contributed by atoms with Gasteiger partial charge in [-0.05, 0) is 19.8 Å². The van der Waals surface area contributed by atoms with Crippen LogP contribution in [0.15, 0.2) is 5.38 Å². The minimum absolute atomic E-state index is 0.112. The van der Waals surface area contributed by atoms with Gasteiger partial charge in [-0.2, -0.15) is 0 Å². The first-order valence-electron chi connectivity index (χ1n) is 6.07. The van der Waals surface area contributed by atoms with Gasteiger partial charge in [0, 0.05) is 24.1 Å². The molecule has 2 atom stereocenters. The van der Waals surface area contributed by atoms with Crippen molar-refractivity contribution < 1.29 is 4.74 Å². The Morgan fingerprint density at radius 2 is 2.24 bits per heavy atom. The van der Waals surface area contributed by atoms with Crippen molar-refractivity contribution in [1.29, 1.82) is 0 Å². The zero-order valence-corrected chi connectivity index (χ0v) is 11.9. The SMILES string of the molecule is CCOC(C(C)C)C(Cc1nc(C)cs1)NN. The van der Waals surface area contributed by atoms with Crippen molar-refractivity contribution in [3.8, 4) is 0 Å². The molecule has 98 valence electrons. The fraction of sp³-hybridized carbons (Fsp3) is 0.750. The van der Waals surface area contributed by atoms with Crippen LogP contribution < -0.4 is 11.3 Å². The highest BCUT2D eigenvalue weighted by Gasteiger charge is 2.25. The minimum Gasteiger partial charge on any atom is -0.377 e. The Balaban J connectivity index is 2.68. The van der Waals surface area contributed by atoms with E-state index in [1.165, 1.54) is 0 Å². The average molecular weight is 257 g/mol. The molecule has 0 aliphatic carbocycles. The molecule has 0 aromatic carbocycles. The Bertz CT molecular complexity index is 327. The Morgan fingerprint density at radius 1 is 1.53 bits per heavy atom. The van der Waals surface area contributed by atoms with Gasteiger partial charge in [0.25, 0.3) is 0 Å². The van der Waals surface area contributed by atoms with E-state index >= 15 is 0 Å². The lowest BCUT2D eigenvalue weighted by molar-refractivity contribution is 0.00354. The molecule has 0 aliphatic rings. The molecule has 0 aliphatic heterocycles. The van der Waals surface area contributed by atoms with E-state index in [1.54, 1.807) is 11.3 Å². The summed E-state index contributed by atoms with van der Waals surface area (Å²) in [5.74, 6) is 6.07. The summed E-state index contributed by atoms with van der Waals surface area (Å²) in [5, 5.41) is 3.17. The summed E-state index contributed by atoms with van der Waals surface area (Å²) in [5.41, 5.74) is 3.94. The molecular formula is C12H23N3OS. The van der Waals surface area contributed by atoms with Gasteiger partial charge in [0.15, 0.2) is 0 Å². The summed E-state index contributed by atoms with van der Waals surface area (Å²) >= 11 is 1.68. The Kier molecular flexibility index (Phi) is 6.05. The third kappa shape index (κ3) is 4.35. The van der Waals surface area contributed by atoms with E-state index in [4.69, 9.17) is 10.6 Å². The molecule has 0 saturated carbocycles. The largest absolute Gasteiger partial charge is 0.377 e. The molecule has 0 radical (unpaired) electrons. The fourth-order valence-electron chi connectivity index (χ4n) is 1.92. The standard InChI is InChI=1S/C12H23N3OS/c1-5-16-12(8(2)3)10(15-13)6-11-14-9(4)7-17-11/h7-8,10,12,15H,5-6,13H2,1-4H3. The number of rotatable bonds is 7. The second-order valence-corrected chi connectivity index (χ2v) is 5.47. The quantitative estimate of drug-likeness (QED) is 0.578. The van der Waals surface area contributed by atoms with Crippen molar-refractivity contribution in [2.45, 2.75) is 46.3 Å². The maximum absolute atomic E-state index is 5.77. The van der Waals surface area contributed by atoms with E-state index < -0.39 is 0 Å². The molecule has 1 heterocycles. The van der Waals surface area contributed by atoms with Crippen LogP contribution >= 0.6 is 11.3 Å². The van der Waals surface area contributed by atoms with Crippen LogP contribution in [-0.4, -0.2) is 23.7 Å². The van der Waals surface area contributed by atoms with E-state index in [2.05, 4.69) is 29.6 Å². The summed E-state index contributed by atoms with van der Waals surface area (Å²) in [4.78, 5) is 4.47. The molecule has 17 heavy (non-hydrogen) atoms. The molecule has 1 rings (SSSR count). The van der Waals surface area contributed by atoms with Crippen molar-refractivity contribution in [2.24, 2.45) is 11.8 Å². The van der Waals surface area contributed by atoms with Gasteiger partial charge in [0.2, 0.25) is 0 Å². The summed E-state index contributed by atoms with van der Waals surface area (Å²) < 4.78 is 5.77. The van der Waals surface area contributed by atoms with Crippen LogP contribution in [0, 0.1) is 12.8 Å². The van der Waals surface area contributed by atoms with Gasteiger partial charge in [-0.15, -0.1) is 11.3 Å². The number of thiazole rings is 1. The molecule has 0 amide bonds. The second-order valence-electron chi connectivity index (χ2n) is 4.52. The number of aryl methyl sites for hydroxylation is 1. The topological polar surface area (TPSA) is 60.2 Å². The lowest BCUT2D eigenvalue weighted by Gasteiger charge is -2.28.